The van der Waals surface area contributed by atoms with E-state index in [1.807, 2.05) is 0 Å². The molecule has 76 valence electrons. The molecule has 1 N–H and O–H groups in total. The molecule has 2 nitrogen and oxygen atoms in total. The zero-order chi connectivity index (χ0) is 9.47. The van der Waals surface area contributed by atoms with Gasteiger partial charge in [0.1, 0.15) is 0 Å². The summed E-state index contributed by atoms with van der Waals surface area (Å²) in [7, 11) is 2.18. The van der Waals surface area contributed by atoms with Crippen molar-refractivity contribution < 1.29 is 0 Å². The predicted molar refractivity (Wildman–Crippen MR) is 56.3 cm³/mol. The number of nitrogens with zero attached hydrogens (tertiary/aromatic N) is 1. The zero-order valence-corrected chi connectivity index (χ0v) is 9.27. The van der Waals surface area contributed by atoms with E-state index in [0.717, 1.165) is 0 Å². The molecule has 0 aromatic carbocycles. The van der Waals surface area contributed by atoms with Gasteiger partial charge in [0.25, 0.3) is 0 Å². The SMILES string of the molecule is CC(NC1CCN(C)C1)C1(Cl)CC1. The summed E-state index contributed by atoms with van der Waals surface area (Å²) in [5.41, 5.74) is 0. The second-order valence-electron chi connectivity index (χ2n) is 4.67. The van der Waals surface area contributed by atoms with Gasteiger partial charge < -0.3 is 10.2 Å². The second-order valence-corrected chi connectivity index (χ2v) is 5.42. The van der Waals surface area contributed by atoms with Crippen LogP contribution in [0.4, 0.5) is 0 Å². The molecule has 0 amide bonds. The maximum atomic E-state index is 6.33. The fourth-order valence-electron chi connectivity index (χ4n) is 2.13. The maximum Gasteiger partial charge on any atom is 0.0598 e. The summed E-state index contributed by atoms with van der Waals surface area (Å²) in [6.07, 6.45) is 3.64. The van der Waals surface area contributed by atoms with Crippen molar-refractivity contribution in [2.45, 2.75) is 43.1 Å². The minimum atomic E-state index is 0.0984. The average Bonchev–Trinajstić information content (AvgIpc) is 2.69. The molecule has 0 aromatic rings. The van der Waals surface area contributed by atoms with Gasteiger partial charge in [-0.25, -0.2) is 0 Å². The number of rotatable bonds is 3. The standard InChI is InChI=1S/C10H19ClN2/c1-8(10(11)4-5-10)12-9-3-6-13(2)7-9/h8-9,12H,3-7H2,1-2H3. The zero-order valence-electron chi connectivity index (χ0n) is 8.52. The first-order valence-corrected chi connectivity index (χ1v) is 5.61. The van der Waals surface area contributed by atoms with E-state index < -0.39 is 0 Å². The fraction of sp³-hybridized carbons (Fsp3) is 1.00. The van der Waals surface area contributed by atoms with Crippen molar-refractivity contribution in [3.05, 3.63) is 0 Å². The molecule has 2 atom stereocenters. The van der Waals surface area contributed by atoms with E-state index in [4.69, 9.17) is 11.6 Å². The van der Waals surface area contributed by atoms with Gasteiger partial charge in [-0.1, -0.05) is 0 Å². The number of likely N-dealkylation sites (tertiary alicyclic amines) is 1. The predicted octanol–water partition coefficient (Wildman–Crippen LogP) is 1.44. The van der Waals surface area contributed by atoms with Crippen LogP contribution in [0.1, 0.15) is 26.2 Å². The normalized spacial score (nSPS) is 34.8. The summed E-state index contributed by atoms with van der Waals surface area (Å²) in [4.78, 5) is 2.47. The number of hydrogen-bond acceptors (Lipinski definition) is 2. The summed E-state index contributed by atoms with van der Waals surface area (Å²) in [6.45, 7) is 4.62. The van der Waals surface area contributed by atoms with Crippen molar-refractivity contribution in [1.82, 2.24) is 10.2 Å². The van der Waals surface area contributed by atoms with Crippen molar-refractivity contribution in [3.8, 4) is 0 Å². The molecule has 13 heavy (non-hydrogen) atoms. The van der Waals surface area contributed by atoms with Gasteiger partial charge in [0, 0.05) is 18.6 Å². The van der Waals surface area contributed by atoms with Crippen molar-refractivity contribution >= 4 is 11.6 Å². The van der Waals surface area contributed by atoms with E-state index in [2.05, 4.69) is 24.2 Å². The third-order valence-electron chi connectivity index (χ3n) is 3.38. The Morgan fingerprint density at radius 1 is 1.54 bits per heavy atom. The highest BCUT2D eigenvalue weighted by molar-refractivity contribution is 6.26. The van der Waals surface area contributed by atoms with Crippen LogP contribution in [0.2, 0.25) is 0 Å². The summed E-state index contributed by atoms with van der Waals surface area (Å²) < 4.78 is 0. The Kier molecular flexibility index (Phi) is 2.56. The molecule has 2 unspecified atom stereocenters. The third kappa shape index (κ3) is 2.17. The van der Waals surface area contributed by atoms with Crippen LogP contribution >= 0.6 is 11.6 Å². The molecule has 0 radical (unpaired) electrons. The lowest BCUT2D eigenvalue weighted by atomic mass is 10.1. The molecule has 1 saturated heterocycles. The van der Waals surface area contributed by atoms with Crippen molar-refractivity contribution in [1.29, 1.82) is 0 Å². The van der Waals surface area contributed by atoms with Crippen LogP contribution in [-0.2, 0) is 0 Å². The molecular formula is C10H19ClN2. The molecule has 2 rings (SSSR count). The Morgan fingerprint density at radius 2 is 2.23 bits per heavy atom. The Hall–Kier alpha value is 0.210. The second kappa shape index (κ2) is 3.41. The van der Waals surface area contributed by atoms with Gasteiger partial charge >= 0.3 is 0 Å². The van der Waals surface area contributed by atoms with E-state index >= 15 is 0 Å². The number of alkyl halides is 1. The lowest BCUT2D eigenvalue weighted by Gasteiger charge is -2.23. The topological polar surface area (TPSA) is 15.3 Å². The summed E-state index contributed by atoms with van der Waals surface area (Å²) in [6, 6.07) is 1.14. The van der Waals surface area contributed by atoms with Gasteiger partial charge in [0.15, 0.2) is 0 Å². The maximum absolute atomic E-state index is 6.33. The van der Waals surface area contributed by atoms with Gasteiger partial charge in [-0.2, -0.15) is 0 Å². The van der Waals surface area contributed by atoms with Crippen LogP contribution in [0.25, 0.3) is 0 Å². The highest BCUT2D eigenvalue weighted by atomic mass is 35.5. The largest absolute Gasteiger partial charge is 0.308 e. The molecule has 0 spiro atoms. The van der Waals surface area contributed by atoms with E-state index in [-0.39, 0.29) is 4.87 Å². The van der Waals surface area contributed by atoms with Crippen LogP contribution < -0.4 is 5.32 Å². The van der Waals surface area contributed by atoms with Crippen molar-refractivity contribution in [3.63, 3.8) is 0 Å². The smallest absolute Gasteiger partial charge is 0.0598 e. The lowest BCUT2D eigenvalue weighted by molar-refractivity contribution is 0.379. The lowest BCUT2D eigenvalue weighted by Crippen LogP contribution is -2.43. The van der Waals surface area contributed by atoms with Crippen LogP contribution in [0.3, 0.4) is 0 Å². The van der Waals surface area contributed by atoms with Gasteiger partial charge in [0.05, 0.1) is 4.87 Å². The molecule has 3 heteroatoms. The average molecular weight is 203 g/mol. The summed E-state index contributed by atoms with van der Waals surface area (Å²) in [5.74, 6) is 0. The molecule has 1 aliphatic carbocycles. The van der Waals surface area contributed by atoms with Gasteiger partial charge in [-0.15, -0.1) is 11.6 Å². The Balaban J connectivity index is 1.78. The minimum absolute atomic E-state index is 0.0984. The molecular weight excluding hydrogens is 184 g/mol. The molecule has 0 bridgehead atoms. The van der Waals surface area contributed by atoms with Crippen molar-refractivity contribution in [2.24, 2.45) is 0 Å². The van der Waals surface area contributed by atoms with Crippen LogP contribution in [0.15, 0.2) is 0 Å². The van der Waals surface area contributed by atoms with Crippen LogP contribution in [0.5, 0.6) is 0 Å². The number of likely N-dealkylation sites (N-methyl/N-ethyl adjacent to an activating group) is 1. The minimum Gasteiger partial charge on any atom is -0.308 e. The Bertz CT molecular complexity index is 191. The molecule has 0 aromatic heterocycles. The highest BCUT2D eigenvalue weighted by Gasteiger charge is 2.46. The van der Waals surface area contributed by atoms with Crippen LogP contribution in [0, 0.1) is 0 Å². The molecule has 1 aliphatic heterocycles. The monoisotopic (exact) mass is 202 g/mol. The third-order valence-corrected chi connectivity index (χ3v) is 4.09. The quantitative estimate of drug-likeness (QED) is 0.697. The number of halogens is 1. The first-order chi connectivity index (χ1) is 6.10. The van der Waals surface area contributed by atoms with Crippen LogP contribution in [-0.4, -0.2) is 42.0 Å². The summed E-state index contributed by atoms with van der Waals surface area (Å²) >= 11 is 6.33. The first-order valence-electron chi connectivity index (χ1n) is 5.24. The van der Waals surface area contributed by atoms with Crippen molar-refractivity contribution in [2.75, 3.05) is 20.1 Å². The number of nitrogens with one attached hydrogen (secondary N) is 1. The van der Waals surface area contributed by atoms with E-state index in [0.29, 0.717) is 12.1 Å². The number of hydrogen-bond donors (Lipinski definition) is 1. The van der Waals surface area contributed by atoms with E-state index in [1.54, 1.807) is 0 Å². The van der Waals surface area contributed by atoms with Gasteiger partial charge in [0.2, 0.25) is 0 Å². The molecule has 2 fully saturated rings. The molecule has 1 saturated carbocycles. The molecule has 1 heterocycles. The van der Waals surface area contributed by atoms with Gasteiger partial charge in [-0.3, -0.25) is 0 Å². The Morgan fingerprint density at radius 3 is 2.69 bits per heavy atom. The Labute approximate surface area is 85.6 Å². The highest BCUT2D eigenvalue weighted by Crippen LogP contribution is 2.45. The fourth-order valence-corrected chi connectivity index (χ4v) is 2.28. The van der Waals surface area contributed by atoms with E-state index in [1.165, 1.54) is 32.4 Å². The summed E-state index contributed by atoms with van der Waals surface area (Å²) in [5, 5.41) is 3.64. The first kappa shape index (κ1) is 9.75. The van der Waals surface area contributed by atoms with Gasteiger partial charge in [-0.05, 0) is 39.8 Å². The molecule has 2 aliphatic rings. The van der Waals surface area contributed by atoms with E-state index in [9.17, 15) is 0 Å².